The molecule has 1 unspecified atom stereocenters. The number of rotatable bonds is 4. The number of nitrogens with zero attached hydrogens (tertiary/aromatic N) is 5. The van der Waals surface area contributed by atoms with Crippen LogP contribution in [0, 0.1) is 0 Å². The van der Waals surface area contributed by atoms with E-state index in [1.165, 1.54) is 10.5 Å². The molecule has 0 aliphatic carbocycles. The molecule has 2 aliphatic rings. The fourth-order valence-corrected chi connectivity index (χ4v) is 4.92. The Kier molecular flexibility index (Phi) is 4.99. The second-order valence-corrected chi connectivity index (χ2v) is 8.78. The first-order valence-electron chi connectivity index (χ1n) is 8.84. The molecule has 0 bridgehead atoms. The second-order valence-electron chi connectivity index (χ2n) is 6.84. The van der Waals surface area contributed by atoms with Crippen molar-refractivity contribution in [2.75, 3.05) is 39.4 Å². The van der Waals surface area contributed by atoms with Gasteiger partial charge in [0.05, 0.1) is 38.3 Å². The SMILES string of the molecule is Cn1cncc1CN1CCOC2(C1)CN(S(=O)(=O)c1cccnc1)CCO2. The maximum atomic E-state index is 12.9. The average molecular weight is 393 g/mol. The van der Waals surface area contributed by atoms with Crippen LogP contribution in [0.4, 0.5) is 0 Å². The Morgan fingerprint density at radius 2 is 1.96 bits per heavy atom. The van der Waals surface area contributed by atoms with Crippen molar-refractivity contribution in [2.45, 2.75) is 17.2 Å². The van der Waals surface area contributed by atoms with E-state index in [-0.39, 0.29) is 11.4 Å². The summed E-state index contributed by atoms with van der Waals surface area (Å²) < 4.78 is 41.2. The van der Waals surface area contributed by atoms with Gasteiger partial charge in [0.25, 0.3) is 0 Å². The molecule has 2 saturated heterocycles. The minimum absolute atomic E-state index is 0.159. The summed E-state index contributed by atoms with van der Waals surface area (Å²) in [6.07, 6.45) is 6.53. The standard InChI is InChI=1S/C17H23N5O4S/c1-20-14-19-9-15(20)11-21-5-7-25-17(12-21)13-22(6-8-26-17)27(23,24)16-3-2-4-18-10-16/h2-4,9-10,14H,5-8,11-13H2,1H3. The Hall–Kier alpha value is -1.85. The molecule has 1 spiro atoms. The fraction of sp³-hybridized carbons (Fsp3) is 0.529. The van der Waals surface area contributed by atoms with Crippen molar-refractivity contribution >= 4 is 10.0 Å². The number of ether oxygens (including phenoxy) is 2. The predicted octanol–water partition coefficient (Wildman–Crippen LogP) is 0.0647. The van der Waals surface area contributed by atoms with Crippen LogP contribution < -0.4 is 0 Å². The van der Waals surface area contributed by atoms with Crippen molar-refractivity contribution in [2.24, 2.45) is 7.05 Å². The van der Waals surface area contributed by atoms with Crippen LogP contribution in [-0.2, 0) is 33.1 Å². The lowest BCUT2D eigenvalue weighted by Gasteiger charge is -2.46. The molecule has 10 heteroatoms. The summed E-state index contributed by atoms with van der Waals surface area (Å²) in [7, 11) is -1.68. The molecule has 0 amide bonds. The molecule has 0 aromatic carbocycles. The Labute approximate surface area is 158 Å². The second kappa shape index (κ2) is 7.28. The molecule has 146 valence electrons. The highest BCUT2D eigenvalue weighted by atomic mass is 32.2. The Balaban J connectivity index is 1.50. The fourth-order valence-electron chi connectivity index (χ4n) is 3.49. The number of pyridine rings is 1. The lowest BCUT2D eigenvalue weighted by Crippen LogP contribution is -2.62. The normalized spacial score (nSPS) is 25.1. The Morgan fingerprint density at radius 3 is 2.67 bits per heavy atom. The lowest BCUT2D eigenvalue weighted by atomic mass is 10.2. The van der Waals surface area contributed by atoms with Gasteiger partial charge in [0.1, 0.15) is 4.90 Å². The number of hydrogen-bond acceptors (Lipinski definition) is 7. The van der Waals surface area contributed by atoms with Gasteiger partial charge in [0.2, 0.25) is 10.0 Å². The number of aryl methyl sites for hydroxylation is 1. The van der Waals surface area contributed by atoms with Crippen LogP contribution in [0.3, 0.4) is 0 Å². The summed E-state index contributed by atoms with van der Waals surface area (Å²) in [4.78, 5) is 10.5. The molecule has 2 fully saturated rings. The number of morpholine rings is 2. The number of aromatic nitrogens is 3. The van der Waals surface area contributed by atoms with Crippen LogP contribution >= 0.6 is 0 Å². The summed E-state index contributed by atoms with van der Waals surface area (Å²) in [5.41, 5.74) is 1.09. The number of hydrogen-bond donors (Lipinski definition) is 0. The van der Waals surface area contributed by atoms with E-state index in [4.69, 9.17) is 9.47 Å². The first-order chi connectivity index (χ1) is 13.0. The van der Waals surface area contributed by atoms with Crippen LogP contribution in [0.1, 0.15) is 5.69 Å². The van der Waals surface area contributed by atoms with Crippen molar-refractivity contribution < 1.29 is 17.9 Å². The molecule has 0 saturated carbocycles. The highest BCUT2D eigenvalue weighted by molar-refractivity contribution is 7.89. The molecule has 4 heterocycles. The minimum Gasteiger partial charge on any atom is -0.346 e. The molecule has 27 heavy (non-hydrogen) atoms. The third kappa shape index (κ3) is 3.76. The molecule has 2 aromatic rings. The zero-order chi connectivity index (χ0) is 18.9. The maximum Gasteiger partial charge on any atom is 0.244 e. The largest absolute Gasteiger partial charge is 0.346 e. The van der Waals surface area contributed by atoms with Gasteiger partial charge in [-0.15, -0.1) is 0 Å². The van der Waals surface area contributed by atoms with E-state index in [9.17, 15) is 8.42 Å². The van der Waals surface area contributed by atoms with Crippen molar-refractivity contribution in [3.63, 3.8) is 0 Å². The molecular formula is C17H23N5O4S. The first kappa shape index (κ1) is 18.5. The summed E-state index contributed by atoms with van der Waals surface area (Å²) in [5, 5.41) is 0. The van der Waals surface area contributed by atoms with Gasteiger partial charge in [-0.2, -0.15) is 4.31 Å². The number of imidazole rings is 1. The quantitative estimate of drug-likeness (QED) is 0.726. The van der Waals surface area contributed by atoms with E-state index in [1.807, 2.05) is 17.8 Å². The van der Waals surface area contributed by atoms with E-state index < -0.39 is 15.8 Å². The molecule has 9 nitrogen and oxygen atoms in total. The van der Waals surface area contributed by atoms with Gasteiger partial charge in [0, 0.05) is 45.3 Å². The summed E-state index contributed by atoms with van der Waals surface area (Å²) in [5.74, 6) is -0.954. The third-order valence-electron chi connectivity index (χ3n) is 4.93. The van der Waals surface area contributed by atoms with Crippen LogP contribution in [-0.4, -0.2) is 77.3 Å². The van der Waals surface area contributed by atoms with E-state index in [0.717, 1.165) is 12.2 Å². The average Bonchev–Trinajstić information content (AvgIpc) is 3.07. The third-order valence-corrected chi connectivity index (χ3v) is 6.76. The monoisotopic (exact) mass is 393 g/mol. The molecule has 4 rings (SSSR count). The molecule has 2 aromatic heterocycles. The molecule has 1 atom stereocenters. The van der Waals surface area contributed by atoms with E-state index in [1.54, 1.807) is 24.7 Å². The van der Waals surface area contributed by atoms with Crippen LogP contribution in [0.2, 0.25) is 0 Å². The van der Waals surface area contributed by atoms with Crippen LogP contribution in [0.25, 0.3) is 0 Å². The van der Waals surface area contributed by atoms with Gasteiger partial charge < -0.3 is 14.0 Å². The molecule has 0 radical (unpaired) electrons. The van der Waals surface area contributed by atoms with Gasteiger partial charge in [-0.05, 0) is 12.1 Å². The van der Waals surface area contributed by atoms with Gasteiger partial charge in [-0.1, -0.05) is 0 Å². The summed E-state index contributed by atoms with van der Waals surface area (Å²) in [6, 6.07) is 3.18. The Bertz CT molecular complexity index is 884. The van der Waals surface area contributed by atoms with Crippen molar-refractivity contribution in [1.82, 2.24) is 23.7 Å². The minimum atomic E-state index is -3.63. The van der Waals surface area contributed by atoms with Crippen LogP contribution in [0.15, 0.2) is 41.9 Å². The number of sulfonamides is 1. The van der Waals surface area contributed by atoms with Crippen molar-refractivity contribution in [1.29, 1.82) is 0 Å². The smallest absolute Gasteiger partial charge is 0.244 e. The molecule has 0 N–H and O–H groups in total. The van der Waals surface area contributed by atoms with Crippen molar-refractivity contribution in [3.8, 4) is 0 Å². The highest BCUT2D eigenvalue weighted by Gasteiger charge is 2.45. The van der Waals surface area contributed by atoms with Gasteiger partial charge in [-0.3, -0.25) is 9.88 Å². The lowest BCUT2D eigenvalue weighted by molar-refractivity contribution is -0.285. The molecular weight excluding hydrogens is 370 g/mol. The zero-order valence-electron chi connectivity index (χ0n) is 15.2. The van der Waals surface area contributed by atoms with Gasteiger partial charge in [-0.25, -0.2) is 13.4 Å². The predicted molar refractivity (Wildman–Crippen MR) is 96.1 cm³/mol. The van der Waals surface area contributed by atoms with Gasteiger partial charge >= 0.3 is 0 Å². The van der Waals surface area contributed by atoms with E-state index in [0.29, 0.717) is 32.8 Å². The zero-order valence-corrected chi connectivity index (χ0v) is 16.0. The van der Waals surface area contributed by atoms with E-state index in [2.05, 4.69) is 14.9 Å². The highest BCUT2D eigenvalue weighted by Crippen LogP contribution is 2.28. The first-order valence-corrected chi connectivity index (χ1v) is 10.3. The summed E-state index contributed by atoms with van der Waals surface area (Å²) >= 11 is 0. The molecule has 2 aliphatic heterocycles. The van der Waals surface area contributed by atoms with E-state index >= 15 is 0 Å². The van der Waals surface area contributed by atoms with Crippen LogP contribution in [0.5, 0.6) is 0 Å². The topological polar surface area (TPSA) is 89.8 Å². The van der Waals surface area contributed by atoms with Crippen molar-refractivity contribution in [3.05, 3.63) is 42.7 Å². The van der Waals surface area contributed by atoms with Gasteiger partial charge in [0.15, 0.2) is 5.79 Å². The maximum absolute atomic E-state index is 12.9. The Morgan fingerprint density at radius 1 is 1.15 bits per heavy atom. The summed E-state index contributed by atoms with van der Waals surface area (Å²) in [6.45, 7) is 3.19.